The topological polar surface area (TPSA) is 81.2 Å². The van der Waals surface area contributed by atoms with Crippen molar-refractivity contribution in [2.75, 3.05) is 31.4 Å². The van der Waals surface area contributed by atoms with Gasteiger partial charge in [-0.25, -0.2) is 0 Å². The van der Waals surface area contributed by atoms with Crippen LogP contribution in [-0.2, 0) is 0 Å². The molecule has 2 rings (SSSR count). The Labute approximate surface area is 146 Å². The average Bonchev–Trinajstić information content (AvgIpc) is 2.56. The highest BCUT2D eigenvalue weighted by Gasteiger charge is 2.11. The molecule has 0 aliphatic rings. The minimum atomic E-state index is 0.469. The summed E-state index contributed by atoms with van der Waals surface area (Å²) in [6, 6.07) is 3.42. The number of aromatic nitrogens is 3. The number of benzene rings is 1. The van der Waals surface area contributed by atoms with Gasteiger partial charge in [0, 0.05) is 18.7 Å². The molecule has 2 aromatic rings. The summed E-state index contributed by atoms with van der Waals surface area (Å²) in [6.45, 7) is 5.12. The van der Waals surface area contributed by atoms with Gasteiger partial charge in [0.15, 0.2) is 5.82 Å². The van der Waals surface area contributed by atoms with Gasteiger partial charge in [-0.2, -0.15) is 10.1 Å². The molecule has 0 saturated heterocycles. The van der Waals surface area contributed by atoms with Crippen LogP contribution in [0.2, 0.25) is 5.02 Å². The highest BCUT2D eigenvalue weighted by molar-refractivity contribution is 6.32. The maximum absolute atomic E-state index is 6.11. The van der Waals surface area contributed by atoms with Crippen molar-refractivity contribution in [2.24, 2.45) is 5.92 Å². The average molecular weight is 352 g/mol. The molecule has 0 amide bonds. The lowest BCUT2D eigenvalue weighted by Crippen LogP contribution is -2.09. The van der Waals surface area contributed by atoms with E-state index in [2.05, 4.69) is 39.7 Å². The molecule has 0 saturated carbocycles. The molecule has 0 radical (unpaired) electrons. The van der Waals surface area contributed by atoms with Crippen molar-refractivity contribution in [1.29, 1.82) is 0 Å². The van der Waals surface area contributed by atoms with Crippen LogP contribution >= 0.6 is 11.6 Å². The predicted octanol–water partition coefficient (Wildman–Crippen LogP) is 3.74. The number of methoxy groups -OCH3 is 2. The normalized spacial score (nSPS) is 10.6. The van der Waals surface area contributed by atoms with E-state index in [0.29, 0.717) is 39.9 Å². The Balaban J connectivity index is 2.16. The number of nitrogens with zero attached hydrogens (tertiary/aromatic N) is 3. The maximum Gasteiger partial charge on any atom is 0.244 e. The van der Waals surface area contributed by atoms with Crippen molar-refractivity contribution in [3.63, 3.8) is 0 Å². The first kappa shape index (κ1) is 18.1. The van der Waals surface area contributed by atoms with Gasteiger partial charge in [-0.3, -0.25) is 0 Å². The van der Waals surface area contributed by atoms with Crippen LogP contribution in [0.15, 0.2) is 18.3 Å². The predicted molar refractivity (Wildman–Crippen MR) is 95.6 cm³/mol. The van der Waals surface area contributed by atoms with Gasteiger partial charge >= 0.3 is 0 Å². The summed E-state index contributed by atoms with van der Waals surface area (Å²) >= 11 is 6.11. The number of hydrogen-bond acceptors (Lipinski definition) is 7. The van der Waals surface area contributed by atoms with Crippen LogP contribution in [0.3, 0.4) is 0 Å². The lowest BCUT2D eigenvalue weighted by Gasteiger charge is -2.13. The molecule has 2 N–H and O–H groups in total. The fourth-order valence-electron chi connectivity index (χ4n) is 2.01. The van der Waals surface area contributed by atoms with Gasteiger partial charge in [-0.05, 0) is 12.3 Å². The minimum absolute atomic E-state index is 0.469. The van der Waals surface area contributed by atoms with E-state index in [1.165, 1.54) is 6.20 Å². The maximum atomic E-state index is 6.11. The zero-order chi connectivity index (χ0) is 17.5. The molecule has 0 bridgehead atoms. The summed E-state index contributed by atoms with van der Waals surface area (Å²) < 4.78 is 10.6. The molecule has 7 nitrogen and oxygen atoms in total. The standard InChI is InChI=1S/C16H22ClN5O2/c1-10(2)5-6-18-16-21-15(9-19-22-16)20-12-8-13(23-3)11(17)7-14(12)24-4/h7-10H,5-6H2,1-4H3,(H2,18,20,21,22). The number of anilines is 3. The van der Waals surface area contributed by atoms with Crippen LogP contribution in [0.4, 0.5) is 17.5 Å². The Hall–Kier alpha value is -2.28. The van der Waals surface area contributed by atoms with Gasteiger partial charge in [0.2, 0.25) is 5.95 Å². The molecule has 1 aromatic carbocycles. The Kier molecular flexibility index (Phi) is 6.43. The molecule has 1 heterocycles. The third-order valence-corrected chi connectivity index (χ3v) is 3.60. The van der Waals surface area contributed by atoms with Crippen molar-refractivity contribution in [3.05, 3.63) is 23.4 Å². The lowest BCUT2D eigenvalue weighted by molar-refractivity contribution is 0.405. The minimum Gasteiger partial charge on any atom is -0.495 e. The van der Waals surface area contributed by atoms with Crippen molar-refractivity contribution >= 4 is 29.1 Å². The quantitative estimate of drug-likeness (QED) is 0.749. The van der Waals surface area contributed by atoms with E-state index in [-0.39, 0.29) is 0 Å². The van der Waals surface area contributed by atoms with Crippen LogP contribution in [0.25, 0.3) is 0 Å². The second-order valence-electron chi connectivity index (χ2n) is 5.59. The fraction of sp³-hybridized carbons (Fsp3) is 0.438. The van der Waals surface area contributed by atoms with Crippen LogP contribution < -0.4 is 20.1 Å². The molecular weight excluding hydrogens is 330 g/mol. The molecule has 0 spiro atoms. The van der Waals surface area contributed by atoms with Gasteiger partial charge in [0.25, 0.3) is 0 Å². The SMILES string of the molecule is COc1cc(Nc2cnnc(NCCC(C)C)n2)c(OC)cc1Cl. The molecule has 0 aliphatic heterocycles. The molecule has 130 valence electrons. The van der Waals surface area contributed by atoms with E-state index in [1.807, 2.05) is 0 Å². The lowest BCUT2D eigenvalue weighted by atomic mass is 10.1. The van der Waals surface area contributed by atoms with Gasteiger partial charge in [0.05, 0.1) is 31.1 Å². The van der Waals surface area contributed by atoms with E-state index in [9.17, 15) is 0 Å². The highest BCUT2D eigenvalue weighted by Crippen LogP contribution is 2.36. The number of halogens is 1. The van der Waals surface area contributed by atoms with E-state index in [0.717, 1.165) is 13.0 Å². The molecule has 0 atom stereocenters. The monoisotopic (exact) mass is 351 g/mol. The summed E-state index contributed by atoms with van der Waals surface area (Å²) in [6.07, 6.45) is 2.57. The summed E-state index contributed by atoms with van der Waals surface area (Å²) in [7, 11) is 3.13. The van der Waals surface area contributed by atoms with Crippen LogP contribution in [0, 0.1) is 5.92 Å². The zero-order valence-electron chi connectivity index (χ0n) is 14.3. The van der Waals surface area contributed by atoms with Gasteiger partial charge in [0.1, 0.15) is 11.5 Å². The molecule has 0 unspecified atom stereocenters. The zero-order valence-corrected chi connectivity index (χ0v) is 15.0. The summed E-state index contributed by atoms with van der Waals surface area (Å²) in [4.78, 5) is 4.39. The third-order valence-electron chi connectivity index (χ3n) is 3.30. The second-order valence-corrected chi connectivity index (χ2v) is 5.99. The summed E-state index contributed by atoms with van der Waals surface area (Å²) in [5, 5.41) is 14.7. The first-order valence-electron chi connectivity index (χ1n) is 7.65. The molecule has 0 aliphatic carbocycles. The molecular formula is C16H22ClN5O2. The van der Waals surface area contributed by atoms with Gasteiger partial charge in [-0.15, -0.1) is 5.10 Å². The van der Waals surface area contributed by atoms with Crippen molar-refractivity contribution < 1.29 is 9.47 Å². The van der Waals surface area contributed by atoms with Crippen LogP contribution in [-0.4, -0.2) is 35.9 Å². The Morgan fingerprint density at radius 1 is 1.17 bits per heavy atom. The Morgan fingerprint density at radius 3 is 2.58 bits per heavy atom. The van der Waals surface area contributed by atoms with Crippen LogP contribution in [0.5, 0.6) is 11.5 Å². The number of ether oxygens (including phenoxy) is 2. The van der Waals surface area contributed by atoms with E-state index < -0.39 is 0 Å². The smallest absolute Gasteiger partial charge is 0.244 e. The molecule has 1 aromatic heterocycles. The van der Waals surface area contributed by atoms with E-state index in [1.54, 1.807) is 26.4 Å². The van der Waals surface area contributed by atoms with Crippen molar-refractivity contribution in [2.45, 2.75) is 20.3 Å². The van der Waals surface area contributed by atoms with E-state index in [4.69, 9.17) is 21.1 Å². The molecule has 0 fully saturated rings. The van der Waals surface area contributed by atoms with E-state index >= 15 is 0 Å². The number of hydrogen-bond donors (Lipinski definition) is 2. The number of rotatable bonds is 8. The largest absolute Gasteiger partial charge is 0.495 e. The molecule has 8 heteroatoms. The van der Waals surface area contributed by atoms with Crippen molar-refractivity contribution in [3.8, 4) is 11.5 Å². The Morgan fingerprint density at radius 2 is 1.92 bits per heavy atom. The fourth-order valence-corrected chi connectivity index (χ4v) is 2.24. The molecule has 24 heavy (non-hydrogen) atoms. The van der Waals surface area contributed by atoms with Crippen LogP contribution in [0.1, 0.15) is 20.3 Å². The first-order valence-corrected chi connectivity index (χ1v) is 8.03. The van der Waals surface area contributed by atoms with Gasteiger partial charge < -0.3 is 20.1 Å². The Bertz CT molecular complexity index is 682. The number of nitrogens with one attached hydrogen (secondary N) is 2. The highest BCUT2D eigenvalue weighted by atomic mass is 35.5. The summed E-state index contributed by atoms with van der Waals surface area (Å²) in [5.41, 5.74) is 0.674. The van der Waals surface area contributed by atoms with Crippen molar-refractivity contribution in [1.82, 2.24) is 15.2 Å². The first-order chi connectivity index (χ1) is 11.5. The van der Waals surface area contributed by atoms with Gasteiger partial charge in [-0.1, -0.05) is 25.4 Å². The third kappa shape index (κ3) is 4.86. The second kappa shape index (κ2) is 8.54. The summed E-state index contributed by atoms with van der Waals surface area (Å²) in [5.74, 6) is 2.74.